The van der Waals surface area contributed by atoms with Gasteiger partial charge in [-0.2, -0.15) is 0 Å². The van der Waals surface area contributed by atoms with Crippen molar-refractivity contribution in [2.75, 3.05) is 5.43 Å². The Labute approximate surface area is 167 Å². The minimum atomic E-state index is -0.299. The van der Waals surface area contributed by atoms with E-state index in [4.69, 9.17) is 11.6 Å². The fourth-order valence-electron chi connectivity index (χ4n) is 3.59. The maximum Gasteiger partial charge on any atom is 0.289 e. The van der Waals surface area contributed by atoms with Gasteiger partial charge in [-0.25, -0.2) is 5.43 Å². The second-order valence-electron chi connectivity index (χ2n) is 6.93. The van der Waals surface area contributed by atoms with Crippen molar-refractivity contribution in [2.24, 2.45) is 0 Å². The van der Waals surface area contributed by atoms with Crippen LogP contribution in [-0.2, 0) is 24.1 Å². The lowest BCUT2D eigenvalue weighted by Crippen LogP contribution is -2.39. The summed E-state index contributed by atoms with van der Waals surface area (Å²) in [5.74, 6) is -0.299. The van der Waals surface area contributed by atoms with Crippen molar-refractivity contribution in [2.45, 2.75) is 32.1 Å². The molecular formula is C22H20ClN3O2. The van der Waals surface area contributed by atoms with Gasteiger partial charge >= 0.3 is 0 Å². The highest BCUT2D eigenvalue weighted by Gasteiger charge is 2.22. The van der Waals surface area contributed by atoms with Crippen LogP contribution in [0, 0.1) is 0 Å². The Morgan fingerprint density at radius 1 is 1.00 bits per heavy atom. The van der Waals surface area contributed by atoms with Gasteiger partial charge in [0.25, 0.3) is 5.56 Å². The Morgan fingerprint density at radius 3 is 2.39 bits per heavy atom. The van der Waals surface area contributed by atoms with Crippen molar-refractivity contribution in [1.29, 1.82) is 0 Å². The molecule has 0 saturated carbocycles. The molecule has 0 bridgehead atoms. The average molecular weight is 394 g/mol. The molecule has 0 saturated heterocycles. The normalized spacial score (nSPS) is 13.0. The second kappa shape index (κ2) is 7.98. The van der Waals surface area contributed by atoms with E-state index < -0.39 is 0 Å². The molecule has 1 aromatic heterocycles. The number of carbonyl (C=O) groups is 1. The second-order valence-corrected chi connectivity index (χ2v) is 7.37. The van der Waals surface area contributed by atoms with Gasteiger partial charge in [0.2, 0.25) is 5.91 Å². The number of nitrogens with zero attached hydrogens (tertiary/aromatic N) is 2. The van der Waals surface area contributed by atoms with Crippen molar-refractivity contribution in [3.8, 4) is 11.3 Å². The highest BCUT2D eigenvalue weighted by atomic mass is 35.5. The third-order valence-electron chi connectivity index (χ3n) is 4.96. The van der Waals surface area contributed by atoms with E-state index in [1.165, 1.54) is 0 Å². The number of hydrogen-bond donors (Lipinski definition) is 1. The fourth-order valence-corrected chi connectivity index (χ4v) is 3.71. The van der Waals surface area contributed by atoms with E-state index in [-0.39, 0.29) is 17.9 Å². The first-order valence-corrected chi connectivity index (χ1v) is 9.74. The third kappa shape index (κ3) is 3.85. The molecule has 0 spiro atoms. The molecule has 1 heterocycles. The maximum absolute atomic E-state index is 12.9. The molecular weight excluding hydrogens is 374 g/mol. The average Bonchev–Trinajstić information content (AvgIpc) is 2.72. The topological polar surface area (TPSA) is 64.0 Å². The van der Waals surface area contributed by atoms with Gasteiger partial charge in [-0.1, -0.05) is 54.1 Å². The molecule has 0 atom stereocenters. The lowest BCUT2D eigenvalue weighted by Gasteiger charge is -2.20. The largest absolute Gasteiger partial charge is 0.289 e. The predicted octanol–water partition coefficient (Wildman–Crippen LogP) is 3.76. The lowest BCUT2D eigenvalue weighted by atomic mass is 9.90. The number of amides is 1. The van der Waals surface area contributed by atoms with Gasteiger partial charge in [-0.3, -0.25) is 9.59 Å². The highest BCUT2D eigenvalue weighted by Crippen LogP contribution is 2.27. The smallest absolute Gasteiger partial charge is 0.273 e. The van der Waals surface area contributed by atoms with Crippen molar-refractivity contribution < 1.29 is 4.79 Å². The van der Waals surface area contributed by atoms with Crippen LogP contribution < -0.4 is 11.0 Å². The Hall–Kier alpha value is -2.92. The van der Waals surface area contributed by atoms with Gasteiger partial charge in [-0.15, -0.1) is 9.89 Å². The molecule has 0 radical (unpaired) electrons. The van der Waals surface area contributed by atoms with Crippen LogP contribution in [0.15, 0.2) is 59.4 Å². The zero-order valence-corrected chi connectivity index (χ0v) is 16.1. The van der Waals surface area contributed by atoms with Crippen LogP contribution in [0.3, 0.4) is 0 Å². The Bertz CT molecular complexity index is 1060. The summed E-state index contributed by atoms with van der Waals surface area (Å²) in [5, 5.41) is 5.12. The molecule has 28 heavy (non-hydrogen) atoms. The number of hydrogen-bond acceptors (Lipinski definition) is 3. The standard InChI is InChI=1S/C22H20ClN3O2/c23-17-12-10-15(11-13-17)14-20(27)24-26-22(28)19-9-5-4-8-18(19)21(25-26)16-6-2-1-3-7-16/h1-3,6-7,10-13H,4-5,8-9,14H2,(H,24,27). The van der Waals surface area contributed by atoms with Gasteiger partial charge in [0.1, 0.15) is 0 Å². The monoisotopic (exact) mass is 393 g/mol. The van der Waals surface area contributed by atoms with Crippen molar-refractivity contribution in [1.82, 2.24) is 9.89 Å². The van der Waals surface area contributed by atoms with Crippen LogP contribution in [0.5, 0.6) is 0 Å². The summed E-state index contributed by atoms with van der Waals surface area (Å²) >= 11 is 5.89. The van der Waals surface area contributed by atoms with Gasteiger partial charge in [0, 0.05) is 16.1 Å². The summed E-state index contributed by atoms with van der Waals surface area (Å²) in [6, 6.07) is 16.8. The molecule has 1 amide bonds. The minimum absolute atomic E-state index is 0.142. The predicted molar refractivity (Wildman–Crippen MR) is 110 cm³/mol. The quantitative estimate of drug-likeness (QED) is 0.734. The summed E-state index contributed by atoms with van der Waals surface area (Å²) in [4.78, 5) is 26.5. The summed E-state index contributed by atoms with van der Waals surface area (Å²) in [6.07, 6.45) is 3.70. The van der Waals surface area contributed by atoms with E-state index in [9.17, 15) is 9.59 Å². The van der Waals surface area contributed by atoms with E-state index in [0.29, 0.717) is 11.4 Å². The first kappa shape index (κ1) is 18.4. The minimum Gasteiger partial charge on any atom is -0.273 e. The van der Waals surface area contributed by atoms with Crippen molar-refractivity contribution >= 4 is 17.5 Å². The fraction of sp³-hybridized carbons (Fsp3) is 0.227. The molecule has 0 aliphatic heterocycles. The summed E-state index contributed by atoms with van der Waals surface area (Å²) in [6.45, 7) is 0. The molecule has 0 unspecified atom stereocenters. The number of fused-ring (bicyclic) bond motifs is 1. The lowest BCUT2D eigenvalue weighted by molar-refractivity contribution is -0.116. The van der Waals surface area contributed by atoms with Crippen LogP contribution in [0.4, 0.5) is 0 Å². The molecule has 6 heteroatoms. The van der Waals surface area contributed by atoms with Crippen LogP contribution in [-0.4, -0.2) is 15.8 Å². The number of halogens is 1. The van der Waals surface area contributed by atoms with E-state index >= 15 is 0 Å². The van der Waals surface area contributed by atoms with Crippen LogP contribution in [0.2, 0.25) is 5.02 Å². The Morgan fingerprint density at radius 2 is 1.68 bits per heavy atom. The van der Waals surface area contributed by atoms with E-state index in [1.807, 2.05) is 30.3 Å². The Kier molecular flexibility index (Phi) is 5.26. The number of carbonyl (C=O) groups excluding carboxylic acids is 1. The SMILES string of the molecule is O=C(Cc1ccc(Cl)cc1)Nn1nc(-c2ccccc2)c2c(c1=O)CCCC2. The highest BCUT2D eigenvalue weighted by molar-refractivity contribution is 6.30. The molecule has 3 aromatic rings. The summed E-state index contributed by atoms with van der Waals surface area (Å²) in [5.41, 5.74) is 6.71. The zero-order chi connectivity index (χ0) is 19.5. The maximum atomic E-state index is 12.9. The number of nitrogens with one attached hydrogen (secondary N) is 1. The van der Waals surface area contributed by atoms with E-state index in [0.717, 1.165) is 52.0 Å². The van der Waals surface area contributed by atoms with Gasteiger partial charge in [0.15, 0.2) is 0 Å². The molecule has 2 aromatic carbocycles. The first-order valence-electron chi connectivity index (χ1n) is 9.36. The van der Waals surface area contributed by atoms with Gasteiger partial charge in [0.05, 0.1) is 12.1 Å². The molecule has 1 aliphatic rings. The summed E-state index contributed by atoms with van der Waals surface area (Å²) < 4.78 is 0. The third-order valence-corrected chi connectivity index (χ3v) is 5.21. The molecule has 5 nitrogen and oxygen atoms in total. The molecule has 4 rings (SSSR count). The zero-order valence-electron chi connectivity index (χ0n) is 15.3. The van der Waals surface area contributed by atoms with Crippen LogP contribution >= 0.6 is 11.6 Å². The van der Waals surface area contributed by atoms with Gasteiger partial charge in [-0.05, 0) is 48.9 Å². The van der Waals surface area contributed by atoms with E-state index in [1.54, 1.807) is 24.3 Å². The Balaban J connectivity index is 1.68. The number of aromatic nitrogens is 2. The van der Waals surface area contributed by atoms with Crippen molar-refractivity contribution in [3.63, 3.8) is 0 Å². The summed E-state index contributed by atoms with van der Waals surface area (Å²) in [7, 11) is 0. The van der Waals surface area contributed by atoms with Crippen LogP contribution in [0.1, 0.15) is 29.5 Å². The van der Waals surface area contributed by atoms with Gasteiger partial charge < -0.3 is 0 Å². The van der Waals surface area contributed by atoms with Crippen molar-refractivity contribution in [3.05, 3.63) is 86.7 Å². The molecule has 1 N–H and O–H groups in total. The number of benzene rings is 2. The number of rotatable bonds is 4. The van der Waals surface area contributed by atoms with E-state index in [2.05, 4.69) is 10.5 Å². The molecule has 142 valence electrons. The molecule has 1 aliphatic carbocycles. The van der Waals surface area contributed by atoms with Crippen LogP contribution in [0.25, 0.3) is 11.3 Å². The first-order chi connectivity index (χ1) is 13.6. The molecule has 0 fully saturated rings.